The summed E-state index contributed by atoms with van der Waals surface area (Å²) < 4.78 is 12.4. The van der Waals surface area contributed by atoms with Crippen LogP contribution in [0.2, 0.25) is 0 Å². The summed E-state index contributed by atoms with van der Waals surface area (Å²) >= 11 is 0. The fraction of sp³-hybridized carbons (Fsp3) is 0.480. The van der Waals surface area contributed by atoms with E-state index in [9.17, 15) is 14.4 Å². The Hall–Kier alpha value is -3.29. The number of fused-ring (bicyclic) bond motifs is 4. The van der Waals surface area contributed by atoms with Gasteiger partial charge < -0.3 is 24.3 Å². The van der Waals surface area contributed by atoms with E-state index < -0.39 is 0 Å². The van der Waals surface area contributed by atoms with Crippen LogP contribution in [0.3, 0.4) is 0 Å². The van der Waals surface area contributed by atoms with Gasteiger partial charge in [-0.15, -0.1) is 0 Å². The number of amides is 2. The van der Waals surface area contributed by atoms with E-state index in [0.717, 1.165) is 17.7 Å². The van der Waals surface area contributed by atoms with Gasteiger partial charge in [0.1, 0.15) is 0 Å². The van der Waals surface area contributed by atoms with Gasteiger partial charge in [-0.05, 0) is 42.5 Å². The molecule has 1 fully saturated rings. The molecule has 0 saturated carbocycles. The lowest BCUT2D eigenvalue weighted by molar-refractivity contribution is -0.136. The first kappa shape index (κ1) is 22.9. The quantitative estimate of drug-likeness (QED) is 0.660. The molecule has 176 valence electrons. The van der Waals surface area contributed by atoms with Crippen LogP contribution in [0.15, 0.2) is 41.2 Å². The average molecular weight is 454 g/mol. The molecule has 33 heavy (non-hydrogen) atoms. The molecule has 2 aliphatic heterocycles. The minimum Gasteiger partial charge on any atom is -0.493 e. The molecule has 0 aliphatic carbocycles. The fourth-order valence-corrected chi connectivity index (χ4v) is 4.95. The van der Waals surface area contributed by atoms with Crippen molar-refractivity contribution in [3.05, 3.63) is 58.0 Å². The largest absolute Gasteiger partial charge is 0.493 e. The predicted molar refractivity (Wildman–Crippen MR) is 124 cm³/mol. The van der Waals surface area contributed by atoms with Gasteiger partial charge in [0.05, 0.1) is 14.2 Å². The third-order valence-electron chi connectivity index (χ3n) is 6.58. The van der Waals surface area contributed by atoms with Crippen LogP contribution in [0.1, 0.15) is 36.4 Å². The summed E-state index contributed by atoms with van der Waals surface area (Å²) in [4.78, 5) is 39.1. The first-order valence-corrected chi connectivity index (χ1v) is 11.4. The van der Waals surface area contributed by atoms with E-state index in [-0.39, 0.29) is 42.1 Å². The number of carbonyl (C=O) groups is 2. The van der Waals surface area contributed by atoms with Crippen molar-refractivity contribution in [2.24, 2.45) is 5.92 Å². The second-order valence-electron chi connectivity index (χ2n) is 8.79. The van der Waals surface area contributed by atoms with Crippen LogP contribution in [-0.2, 0) is 22.6 Å². The topological polar surface area (TPSA) is 89.9 Å². The van der Waals surface area contributed by atoms with Gasteiger partial charge in [0.15, 0.2) is 11.5 Å². The summed E-state index contributed by atoms with van der Waals surface area (Å²) in [5.41, 5.74) is 2.08. The molecule has 2 aromatic rings. The van der Waals surface area contributed by atoms with Crippen LogP contribution in [-0.4, -0.2) is 55.1 Å². The predicted octanol–water partition coefficient (Wildman–Crippen LogP) is 1.95. The fourth-order valence-electron chi connectivity index (χ4n) is 4.95. The van der Waals surface area contributed by atoms with Gasteiger partial charge in [-0.25, -0.2) is 0 Å². The highest BCUT2D eigenvalue weighted by Crippen LogP contribution is 2.35. The van der Waals surface area contributed by atoms with E-state index in [4.69, 9.17) is 9.47 Å². The van der Waals surface area contributed by atoms with Crippen LogP contribution < -0.4 is 20.3 Å². The van der Waals surface area contributed by atoms with E-state index in [0.29, 0.717) is 44.1 Å². The summed E-state index contributed by atoms with van der Waals surface area (Å²) in [6.07, 6.45) is 2.04. The molecule has 3 heterocycles. The van der Waals surface area contributed by atoms with Crippen molar-refractivity contribution in [1.29, 1.82) is 0 Å². The first-order chi connectivity index (χ1) is 16.0. The zero-order valence-electron chi connectivity index (χ0n) is 19.2. The summed E-state index contributed by atoms with van der Waals surface area (Å²) in [5, 5.41) is 2.89. The standard InChI is InChI=1S/C25H31N3O5/c1-32-21-7-6-17(13-22(21)33-2)10-11-26-23(29)8-9-24(30)27-14-18-12-19(16-27)20-4-3-5-25(31)28(20)15-18/h3-7,13,18-19H,8-12,14-16H2,1-2H3,(H,26,29)/t18-,19+/m1/s1. The molecule has 2 amide bonds. The van der Waals surface area contributed by atoms with Crippen LogP contribution >= 0.6 is 0 Å². The highest BCUT2D eigenvalue weighted by Gasteiger charge is 2.36. The first-order valence-electron chi connectivity index (χ1n) is 11.4. The molecular weight excluding hydrogens is 422 g/mol. The highest BCUT2D eigenvalue weighted by atomic mass is 16.5. The number of benzene rings is 1. The van der Waals surface area contributed by atoms with Gasteiger partial charge in [-0.2, -0.15) is 0 Å². The molecule has 0 unspecified atom stereocenters. The summed E-state index contributed by atoms with van der Waals surface area (Å²) in [5.74, 6) is 1.68. The number of pyridine rings is 1. The number of ether oxygens (including phenoxy) is 2. The number of aromatic nitrogens is 1. The number of piperidine rings is 1. The van der Waals surface area contributed by atoms with Crippen LogP contribution in [0, 0.1) is 5.92 Å². The number of nitrogens with one attached hydrogen (secondary N) is 1. The lowest BCUT2D eigenvalue weighted by Gasteiger charge is -2.42. The normalized spacial score (nSPS) is 18.9. The number of rotatable bonds is 8. The Kier molecular flexibility index (Phi) is 7.01. The van der Waals surface area contributed by atoms with E-state index in [2.05, 4.69) is 5.32 Å². The van der Waals surface area contributed by atoms with Gasteiger partial charge in [0, 0.05) is 56.7 Å². The zero-order chi connectivity index (χ0) is 23.4. The third-order valence-corrected chi connectivity index (χ3v) is 6.58. The summed E-state index contributed by atoms with van der Waals surface area (Å²) in [6.45, 7) is 2.41. The molecule has 2 aliphatic rings. The van der Waals surface area contributed by atoms with Crippen LogP contribution in [0.25, 0.3) is 0 Å². The summed E-state index contributed by atoms with van der Waals surface area (Å²) in [7, 11) is 3.18. The maximum absolute atomic E-state index is 12.8. The minimum absolute atomic E-state index is 0.00599. The van der Waals surface area contributed by atoms with Crippen molar-refractivity contribution in [1.82, 2.24) is 14.8 Å². The molecule has 0 spiro atoms. The van der Waals surface area contributed by atoms with Crippen LogP contribution in [0.5, 0.6) is 11.5 Å². The van der Waals surface area contributed by atoms with Crippen molar-refractivity contribution >= 4 is 11.8 Å². The number of methoxy groups -OCH3 is 2. The lowest BCUT2D eigenvalue weighted by atomic mass is 9.83. The lowest BCUT2D eigenvalue weighted by Crippen LogP contribution is -2.49. The second kappa shape index (κ2) is 10.1. The van der Waals surface area contributed by atoms with E-state index in [1.54, 1.807) is 26.4 Å². The average Bonchev–Trinajstić information content (AvgIpc) is 2.83. The van der Waals surface area contributed by atoms with Crippen molar-refractivity contribution in [2.45, 2.75) is 38.1 Å². The van der Waals surface area contributed by atoms with E-state index >= 15 is 0 Å². The van der Waals surface area contributed by atoms with Crippen molar-refractivity contribution < 1.29 is 19.1 Å². The van der Waals surface area contributed by atoms with Gasteiger partial charge >= 0.3 is 0 Å². The Morgan fingerprint density at radius 1 is 1.03 bits per heavy atom. The third kappa shape index (κ3) is 5.21. The van der Waals surface area contributed by atoms with Crippen molar-refractivity contribution in [3.63, 3.8) is 0 Å². The van der Waals surface area contributed by atoms with Gasteiger partial charge in [-0.1, -0.05) is 12.1 Å². The molecule has 0 radical (unpaired) electrons. The Balaban J connectivity index is 1.23. The molecule has 1 aromatic carbocycles. The SMILES string of the molecule is COc1ccc(CCNC(=O)CCC(=O)N2C[C@H]3C[C@@H](C2)c2cccc(=O)n2C3)cc1OC. The molecule has 2 atom stereocenters. The summed E-state index contributed by atoms with van der Waals surface area (Å²) in [6, 6.07) is 11.1. The molecule has 1 aromatic heterocycles. The number of hydrogen-bond acceptors (Lipinski definition) is 5. The number of hydrogen-bond donors (Lipinski definition) is 1. The van der Waals surface area contributed by atoms with Crippen molar-refractivity contribution in [2.75, 3.05) is 33.9 Å². The van der Waals surface area contributed by atoms with Crippen LogP contribution in [0.4, 0.5) is 0 Å². The van der Waals surface area contributed by atoms with Gasteiger partial charge in [0.2, 0.25) is 11.8 Å². The van der Waals surface area contributed by atoms with E-state index in [1.807, 2.05) is 33.7 Å². The second-order valence-corrected chi connectivity index (χ2v) is 8.79. The Morgan fingerprint density at radius 3 is 2.64 bits per heavy atom. The number of nitrogens with zero attached hydrogens (tertiary/aromatic N) is 2. The molecule has 8 heteroatoms. The van der Waals surface area contributed by atoms with Crippen molar-refractivity contribution in [3.8, 4) is 11.5 Å². The molecule has 4 rings (SSSR count). The van der Waals surface area contributed by atoms with Gasteiger partial charge in [-0.3, -0.25) is 14.4 Å². The maximum Gasteiger partial charge on any atom is 0.250 e. The minimum atomic E-state index is -0.127. The van der Waals surface area contributed by atoms with E-state index in [1.165, 1.54) is 0 Å². The molecule has 1 N–H and O–H groups in total. The Labute approximate surface area is 193 Å². The molecule has 1 saturated heterocycles. The number of likely N-dealkylation sites (tertiary alicyclic amines) is 1. The maximum atomic E-state index is 12.8. The molecular formula is C25H31N3O5. The smallest absolute Gasteiger partial charge is 0.250 e. The Morgan fingerprint density at radius 2 is 1.85 bits per heavy atom. The Bertz CT molecular complexity index is 1080. The monoisotopic (exact) mass is 453 g/mol. The highest BCUT2D eigenvalue weighted by molar-refractivity contribution is 5.83. The van der Waals surface area contributed by atoms with Gasteiger partial charge in [0.25, 0.3) is 5.56 Å². The molecule has 2 bridgehead atoms. The zero-order valence-corrected chi connectivity index (χ0v) is 19.2. The number of carbonyl (C=O) groups excluding carboxylic acids is 2. The molecule has 8 nitrogen and oxygen atoms in total.